The summed E-state index contributed by atoms with van der Waals surface area (Å²) in [7, 11) is 0. The molecule has 2 aliphatic heterocycles. The van der Waals surface area contributed by atoms with Crippen LogP contribution in [-0.4, -0.2) is 11.1 Å². The van der Waals surface area contributed by atoms with Gasteiger partial charge in [-0.25, -0.2) is 0 Å². The van der Waals surface area contributed by atoms with Gasteiger partial charge in [0.2, 0.25) is 0 Å². The van der Waals surface area contributed by atoms with Crippen molar-refractivity contribution in [3.05, 3.63) is 59.7 Å². The van der Waals surface area contributed by atoms with Crippen LogP contribution in [0.1, 0.15) is 49.7 Å². The Labute approximate surface area is 131 Å². The highest BCUT2D eigenvalue weighted by Crippen LogP contribution is 2.60. The van der Waals surface area contributed by atoms with Gasteiger partial charge in [-0.15, -0.1) is 0 Å². The van der Waals surface area contributed by atoms with Crippen molar-refractivity contribution in [2.75, 3.05) is 10.6 Å². The van der Waals surface area contributed by atoms with Crippen molar-refractivity contribution < 1.29 is 0 Å². The number of hydrogen-bond donors (Lipinski definition) is 2. The summed E-state index contributed by atoms with van der Waals surface area (Å²) in [5.74, 6) is 1.25. The summed E-state index contributed by atoms with van der Waals surface area (Å²) < 4.78 is 0. The second kappa shape index (κ2) is 3.87. The molecule has 5 rings (SSSR count). The lowest BCUT2D eigenvalue weighted by Crippen LogP contribution is -2.67. The lowest BCUT2D eigenvalue weighted by Gasteiger charge is -2.61. The molecular weight excluding hydrogens is 268 g/mol. The van der Waals surface area contributed by atoms with E-state index in [9.17, 15) is 0 Å². The SMILES string of the molecule is C[C@]12C[C@@H](c3ccccc3N1)[C@@H]1C[C@]2(C)Nc2ccccc21. The standard InChI is InChI=1S/C20H22N2/c1-19-11-15(13-7-3-5-9-17(13)21-19)16-12-20(19,2)22-18-10-6-4-8-14(16)18/h3-10,15-16,21-22H,11-12H2,1-2H3/t15-,16+,19+,20-. The molecule has 2 heterocycles. The van der Waals surface area contributed by atoms with Gasteiger partial charge in [-0.05, 0) is 61.8 Å². The predicted molar refractivity (Wildman–Crippen MR) is 91.7 cm³/mol. The van der Waals surface area contributed by atoms with Crippen LogP contribution >= 0.6 is 0 Å². The van der Waals surface area contributed by atoms with Gasteiger partial charge in [0.1, 0.15) is 0 Å². The minimum absolute atomic E-state index is 0.0933. The number of hydrogen-bond acceptors (Lipinski definition) is 2. The molecule has 0 saturated heterocycles. The summed E-state index contributed by atoms with van der Waals surface area (Å²) >= 11 is 0. The Kier molecular flexibility index (Phi) is 2.21. The smallest absolute Gasteiger partial charge is 0.0578 e. The molecule has 0 spiro atoms. The Morgan fingerprint density at radius 2 is 1.14 bits per heavy atom. The molecule has 1 saturated carbocycles. The lowest BCUT2D eigenvalue weighted by molar-refractivity contribution is 0.164. The third-order valence-electron chi connectivity index (χ3n) is 6.50. The van der Waals surface area contributed by atoms with Crippen LogP contribution in [0.5, 0.6) is 0 Å². The predicted octanol–water partition coefficient (Wildman–Crippen LogP) is 4.72. The third-order valence-corrected chi connectivity index (χ3v) is 6.50. The number of anilines is 2. The topological polar surface area (TPSA) is 24.1 Å². The first-order chi connectivity index (χ1) is 10.6. The summed E-state index contributed by atoms with van der Waals surface area (Å²) in [5.41, 5.74) is 5.86. The van der Waals surface area contributed by atoms with E-state index in [2.05, 4.69) is 73.0 Å². The summed E-state index contributed by atoms with van der Waals surface area (Å²) in [6.07, 6.45) is 2.40. The van der Waals surface area contributed by atoms with E-state index < -0.39 is 0 Å². The van der Waals surface area contributed by atoms with Crippen molar-refractivity contribution in [1.29, 1.82) is 0 Å². The molecule has 2 aromatic carbocycles. The first-order valence-electron chi connectivity index (χ1n) is 8.34. The average Bonchev–Trinajstić information content (AvgIpc) is 2.52. The number of rotatable bonds is 0. The zero-order chi connectivity index (χ0) is 14.9. The fourth-order valence-corrected chi connectivity index (χ4v) is 5.11. The van der Waals surface area contributed by atoms with Gasteiger partial charge >= 0.3 is 0 Å². The minimum atomic E-state index is 0.0933. The van der Waals surface area contributed by atoms with Gasteiger partial charge in [0.05, 0.1) is 11.1 Å². The van der Waals surface area contributed by atoms with E-state index in [4.69, 9.17) is 0 Å². The molecule has 4 bridgehead atoms. The second-order valence-electron chi connectivity index (χ2n) is 7.71. The summed E-state index contributed by atoms with van der Waals surface area (Å²) in [6, 6.07) is 17.8. The molecule has 2 heteroatoms. The van der Waals surface area contributed by atoms with Crippen LogP contribution in [-0.2, 0) is 0 Å². The highest BCUT2D eigenvalue weighted by atomic mass is 15.1. The van der Waals surface area contributed by atoms with Gasteiger partial charge in [0.25, 0.3) is 0 Å². The zero-order valence-corrected chi connectivity index (χ0v) is 13.2. The van der Waals surface area contributed by atoms with Crippen LogP contribution in [0.3, 0.4) is 0 Å². The van der Waals surface area contributed by atoms with E-state index in [0.717, 1.165) is 0 Å². The van der Waals surface area contributed by atoms with Crippen LogP contribution in [0, 0.1) is 0 Å². The summed E-state index contributed by atoms with van der Waals surface area (Å²) in [6.45, 7) is 4.79. The second-order valence-corrected chi connectivity index (χ2v) is 7.71. The Bertz CT molecular complexity index is 702. The zero-order valence-electron chi connectivity index (χ0n) is 13.2. The van der Waals surface area contributed by atoms with Crippen molar-refractivity contribution in [3.63, 3.8) is 0 Å². The molecule has 0 unspecified atom stereocenters. The van der Waals surface area contributed by atoms with E-state index in [1.54, 1.807) is 0 Å². The van der Waals surface area contributed by atoms with Crippen molar-refractivity contribution in [2.45, 2.75) is 49.6 Å². The van der Waals surface area contributed by atoms with E-state index in [1.807, 2.05) is 0 Å². The Morgan fingerprint density at radius 1 is 0.727 bits per heavy atom. The fourth-order valence-electron chi connectivity index (χ4n) is 5.11. The van der Waals surface area contributed by atoms with Crippen LogP contribution in [0.15, 0.2) is 48.5 Å². The van der Waals surface area contributed by atoms with E-state index in [0.29, 0.717) is 11.8 Å². The Balaban J connectivity index is 1.77. The van der Waals surface area contributed by atoms with Gasteiger partial charge in [-0.3, -0.25) is 0 Å². The van der Waals surface area contributed by atoms with Crippen molar-refractivity contribution in [3.8, 4) is 0 Å². The minimum Gasteiger partial charge on any atom is -0.377 e. The van der Waals surface area contributed by atoms with Gasteiger partial charge < -0.3 is 10.6 Å². The summed E-state index contributed by atoms with van der Waals surface area (Å²) in [5, 5.41) is 7.74. The third kappa shape index (κ3) is 1.41. The molecule has 4 atom stereocenters. The maximum absolute atomic E-state index is 3.87. The monoisotopic (exact) mass is 290 g/mol. The first-order valence-corrected chi connectivity index (χ1v) is 8.34. The van der Waals surface area contributed by atoms with Gasteiger partial charge in [-0.2, -0.15) is 0 Å². The molecule has 2 N–H and O–H groups in total. The maximum Gasteiger partial charge on any atom is 0.0578 e. The molecule has 3 aliphatic rings. The Morgan fingerprint density at radius 3 is 1.59 bits per heavy atom. The highest BCUT2D eigenvalue weighted by molar-refractivity contribution is 5.67. The van der Waals surface area contributed by atoms with E-state index >= 15 is 0 Å². The quantitative estimate of drug-likeness (QED) is 0.734. The van der Waals surface area contributed by atoms with E-state index in [-0.39, 0.29) is 11.1 Å². The Hall–Kier alpha value is -1.96. The molecule has 2 nitrogen and oxygen atoms in total. The van der Waals surface area contributed by atoms with Gasteiger partial charge in [0, 0.05) is 11.4 Å². The molecular formula is C20H22N2. The molecule has 0 radical (unpaired) electrons. The van der Waals surface area contributed by atoms with Crippen molar-refractivity contribution in [2.24, 2.45) is 0 Å². The first kappa shape index (κ1) is 12.6. The van der Waals surface area contributed by atoms with Gasteiger partial charge in [0.15, 0.2) is 0 Å². The number of fused-ring (bicyclic) bond motifs is 10. The molecule has 0 amide bonds. The summed E-state index contributed by atoms with van der Waals surface area (Å²) in [4.78, 5) is 0. The van der Waals surface area contributed by atoms with Crippen LogP contribution in [0.2, 0.25) is 0 Å². The van der Waals surface area contributed by atoms with Crippen LogP contribution in [0.4, 0.5) is 11.4 Å². The molecule has 1 aliphatic carbocycles. The lowest BCUT2D eigenvalue weighted by atomic mass is 9.54. The number of para-hydroxylation sites is 2. The largest absolute Gasteiger partial charge is 0.377 e. The number of nitrogens with one attached hydrogen (secondary N) is 2. The van der Waals surface area contributed by atoms with Crippen LogP contribution < -0.4 is 10.6 Å². The molecule has 0 aromatic heterocycles. The fraction of sp³-hybridized carbons (Fsp3) is 0.400. The molecule has 112 valence electrons. The van der Waals surface area contributed by atoms with E-state index in [1.165, 1.54) is 35.3 Å². The van der Waals surface area contributed by atoms with Crippen molar-refractivity contribution in [1.82, 2.24) is 0 Å². The maximum atomic E-state index is 3.87. The molecule has 22 heavy (non-hydrogen) atoms. The van der Waals surface area contributed by atoms with Gasteiger partial charge in [-0.1, -0.05) is 36.4 Å². The molecule has 2 aromatic rings. The number of benzene rings is 2. The van der Waals surface area contributed by atoms with Crippen molar-refractivity contribution >= 4 is 11.4 Å². The normalized spacial score (nSPS) is 37.4. The molecule has 1 fully saturated rings. The average molecular weight is 290 g/mol. The highest BCUT2D eigenvalue weighted by Gasteiger charge is 2.57. The van der Waals surface area contributed by atoms with Crippen LogP contribution in [0.25, 0.3) is 0 Å².